The standard InChI is InChI=1S/C50H61N7O10/c1-7-20-48(21-8-2)36-25-32(38-28-51-42(53-38)39-15-12-22-56(39)45(60)50(63,30(3)4)55-47(62)65-6)16-18-34(36)35-19-17-33(26-37(35)48)52-43(58)40-27-49(66-23-24-67-49)29-57(40)44(59)41(54-46(61)64-5)31-13-10-9-11-14-31/h9-11,13-14,16-19,25-26,28,30,39-41,63H,7-8,12,15,20-24,27,29H2,1-6H3,(H,51,53)(H,52,58)(H,54,61)(H,55,62)/t39-,40-,41+,50+/m0/s1. The molecule has 4 atom stereocenters. The summed E-state index contributed by atoms with van der Waals surface area (Å²) in [6.07, 6.45) is 5.01. The van der Waals surface area contributed by atoms with Crippen molar-refractivity contribution in [3.63, 3.8) is 0 Å². The Morgan fingerprint density at radius 1 is 0.910 bits per heavy atom. The van der Waals surface area contributed by atoms with Crippen LogP contribution in [0.15, 0.2) is 72.9 Å². The third kappa shape index (κ3) is 8.75. The van der Waals surface area contributed by atoms with Gasteiger partial charge in [0.05, 0.1) is 51.9 Å². The molecule has 356 valence electrons. The second-order valence-electron chi connectivity index (χ2n) is 18.2. The van der Waals surface area contributed by atoms with Crippen LogP contribution in [0.2, 0.25) is 0 Å². The first-order valence-electron chi connectivity index (χ1n) is 23.2. The van der Waals surface area contributed by atoms with Crippen LogP contribution < -0.4 is 16.0 Å². The molecule has 5 N–H and O–H groups in total. The number of aromatic amines is 1. The van der Waals surface area contributed by atoms with Gasteiger partial charge in [-0.3, -0.25) is 19.7 Å². The smallest absolute Gasteiger partial charge is 0.409 e. The van der Waals surface area contributed by atoms with Crippen LogP contribution in [0, 0.1) is 5.92 Å². The number of H-pyrrole nitrogens is 1. The molecular weight excluding hydrogens is 859 g/mol. The first-order chi connectivity index (χ1) is 32.2. The molecule has 4 aliphatic rings. The van der Waals surface area contributed by atoms with E-state index in [9.17, 15) is 29.1 Å². The molecule has 4 heterocycles. The van der Waals surface area contributed by atoms with Crippen LogP contribution in [0.1, 0.15) is 107 Å². The van der Waals surface area contributed by atoms with Crippen LogP contribution in [-0.2, 0) is 38.7 Å². The minimum Gasteiger partial charge on any atom is -0.453 e. The second-order valence-corrected chi connectivity index (χ2v) is 18.2. The normalized spacial score (nSPS) is 20.2. The molecule has 3 saturated heterocycles. The number of alkyl carbamates (subject to hydrolysis) is 2. The van der Waals surface area contributed by atoms with E-state index in [0.717, 1.165) is 53.6 Å². The highest BCUT2D eigenvalue weighted by Gasteiger charge is 2.54. The van der Waals surface area contributed by atoms with Gasteiger partial charge in [0, 0.05) is 30.0 Å². The number of likely N-dealkylation sites (tertiary alicyclic amines) is 2. The van der Waals surface area contributed by atoms with Gasteiger partial charge in [0.15, 0.2) is 5.79 Å². The number of nitrogens with zero attached hydrogens (tertiary/aromatic N) is 3. The Balaban J connectivity index is 1.07. The van der Waals surface area contributed by atoms with Gasteiger partial charge in [0.2, 0.25) is 11.6 Å². The lowest BCUT2D eigenvalue weighted by Crippen LogP contribution is -2.62. The van der Waals surface area contributed by atoms with Crippen LogP contribution in [-0.4, -0.2) is 113 Å². The molecule has 1 aromatic heterocycles. The average Bonchev–Trinajstić information content (AvgIpc) is 4.20. The van der Waals surface area contributed by atoms with Gasteiger partial charge >= 0.3 is 12.2 Å². The van der Waals surface area contributed by atoms with Crippen molar-refractivity contribution in [1.82, 2.24) is 30.4 Å². The molecule has 3 fully saturated rings. The number of imidazole rings is 1. The van der Waals surface area contributed by atoms with Crippen molar-refractivity contribution in [3.8, 4) is 22.4 Å². The molecule has 67 heavy (non-hydrogen) atoms. The molecule has 0 bridgehead atoms. The highest BCUT2D eigenvalue weighted by atomic mass is 16.7. The van der Waals surface area contributed by atoms with Crippen molar-refractivity contribution < 1.29 is 48.0 Å². The number of rotatable bonds is 14. The van der Waals surface area contributed by atoms with Crippen molar-refractivity contribution >= 4 is 35.6 Å². The number of nitrogens with one attached hydrogen (secondary N) is 4. The van der Waals surface area contributed by atoms with Crippen LogP contribution >= 0.6 is 0 Å². The Hall–Kier alpha value is -6.30. The predicted molar refractivity (Wildman–Crippen MR) is 247 cm³/mol. The summed E-state index contributed by atoms with van der Waals surface area (Å²) in [4.78, 5) is 78.9. The zero-order valence-corrected chi connectivity index (χ0v) is 39.0. The summed E-state index contributed by atoms with van der Waals surface area (Å²) in [6, 6.07) is 18.7. The Labute approximate surface area is 390 Å². The van der Waals surface area contributed by atoms with Crippen molar-refractivity contribution in [1.29, 1.82) is 0 Å². The Morgan fingerprint density at radius 3 is 2.24 bits per heavy atom. The maximum absolute atomic E-state index is 14.5. The van der Waals surface area contributed by atoms with E-state index < -0.39 is 65.5 Å². The largest absolute Gasteiger partial charge is 0.453 e. The number of hydrogen-bond donors (Lipinski definition) is 5. The highest BCUT2D eigenvalue weighted by molar-refractivity contribution is 6.00. The minimum absolute atomic E-state index is 0.00106. The lowest BCUT2D eigenvalue weighted by molar-refractivity contribution is -0.161. The summed E-state index contributed by atoms with van der Waals surface area (Å²) in [5.41, 5.74) is 4.72. The van der Waals surface area contributed by atoms with Crippen molar-refractivity contribution in [2.24, 2.45) is 5.92 Å². The van der Waals surface area contributed by atoms with E-state index in [2.05, 4.69) is 65.1 Å². The molecule has 3 aliphatic heterocycles. The highest BCUT2D eigenvalue weighted by Crippen LogP contribution is 2.55. The van der Waals surface area contributed by atoms with E-state index in [-0.39, 0.29) is 18.4 Å². The molecule has 1 aliphatic carbocycles. The van der Waals surface area contributed by atoms with Crippen molar-refractivity contribution in [2.75, 3.05) is 45.8 Å². The SMILES string of the molecule is CCCC1(CCC)c2cc(NC(=O)[C@@H]3CC4(CN3C(=O)[C@H](NC(=O)OC)c3ccccc3)OCCO4)ccc2-c2ccc(-c3cnc([C@@H]4CCCN4C(=O)[C@@](O)(NC(=O)OC)C(C)C)[nH]3)cc21. The lowest BCUT2D eigenvalue weighted by Gasteiger charge is -2.36. The predicted octanol–water partition coefficient (Wildman–Crippen LogP) is 6.69. The number of ether oxygens (including phenoxy) is 4. The number of carbonyl (C=O) groups excluding carboxylic acids is 5. The molecule has 0 radical (unpaired) electrons. The summed E-state index contributed by atoms with van der Waals surface area (Å²) < 4.78 is 21.7. The van der Waals surface area contributed by atoms with E-state index in [1.54, 1.807) is 49.2 Å². The molecule has 5 amide bonds. The van der Waals surface area contributed by atoms with E-state index in [1.807, 2.05) is 12.1 Å². The molecule has 3 aromatic carbocycles. The number of methoxy groups -OCH3 is 2. The van der Waals surface area contributed by atoms with Gasteiger partial charge in [-0.25, -0.2) is 14.6 Å². The van der Waals surface area contributed by atoms with Crippen LogP contribution in [0.5, 0.6) is 0 Å². The maximum Gasteiger partial charge on any atom is 0.409 e. The summed E-state index contributed by atoms with van der Waals surface area (Å²) in [5.74, 6) is -2.75. The first-order valence-corrected chi connectivity index (χ1v) is 23.2. The zero-order chi connectivity index (χ0) is 47.7. The van der Waals surface area contributed by atoms with Crippen molar-refractivity contribution in [2.45, 2.75) is 108 Å². The number of anilines is 1. The molecule has 17 heteroatoms. The van der Waals surface area contributed by atoms with Crippen LogP contribution in [0.3, 0.4) is 0 Å². The molecular formula is C50H61N7O10. The number of carbonyl (C=O) groups is 5. The number of aromatic nitrogens is 2. The third-order valence-corrected chi connectivity index (χ3v) is 13.9. The first kappa shape index (κ1) is 47.2. The van der Waals surface area contributed by atoms with Gasteiger partial charge in [-0.1, -0.05) is 89.1 Å². The fraction of sp³-hybridized carbons (Fsp3) is 0.480. The average molecular weight is 920 g/mol. The topological polar surface area (TPSA) is 214 Å². The second kappa shape index (κ2) is 19.1. The maximum atomic E-state index is 14.5. The summed E-state index contributed by atoms with van der Waals surface area (Å²) >= 11 is 0. The number of hydrogen-bond acceptors (Lipinski definition) is 11. The fourth-order valence-electron chi connectivity index (χ4n) is 10.6. The fourth-order valence-corrected chi connectivity index (χ4v) is 10.6. The van der Waals surface area contributed by atoms with Crippen LogP contribution in [0.4, 0.5) is 15.3 Å². The Morgan fingerprint density at radius 2 is 1.58 bits per heavy atom. The molecule has 17 nitrogen and oxygen atoms in total. The van der Waals surface area contributed by atoms with Gasteiger partial charge in [0.25, 0.3) is 11.8 Å². The van der Waals surface area contributed by atoms with Gasteiger partial charge in [-0.2, -0.15) is 0 Å². The van der Waals surface area contributed by atoms with Gasteiger partial charge in [-0.05, 0) is 77.3 Å². The third-order valence-electron chi connectivity index (χ3n) is 13.9. The van der Waals surface area contributed by atoms with E-state index in [1.165, 1.54) is 24.7 Å². The zero-order valence-electron chi connectivity index (χ0n) is 39.0. The molecule has 0 saturated carbocycles. The van der Waals surface area contributed by atoms with Gasteiger partial charge in [0.1, 0.15) is 17.9 Å². The van der Waals surface area contributed by atoms with E-state index >= 15 is 0 Å². The number of amides is 5. The summed E-state index contributed by atoms with van der Waals surface area (Å²) in [7, 11) is 2.41. The quantitative estimate of drug-likeness (QED) is 0.0841. The van der Waals surface area contributed by atoms with E-state index in [0.29, 0.717) is 49.7 Å². The monoisotopic (exact) mass is 919 g/mol. The molecule has 8 rings (SSSR count). The molecule has 0 unspecified atom stereocenters. The number of benzene rings is 3. The molecule has 4 aromatic rings. The lowest BCUT2D eigenvalue weighted by atomic mass is 9.71. The summed E-state index contributed by atoms with van der Waals surface area (Å²) in [6.45, 7) is 8.70. The van der Waals surface area contributed by atoms with Gasteiger partial charge in [-0.15, -0.1) is 0 Å². The van der Waals surface area contributed by atoms with E-state index in [4.69, 9.17) is 23.9 Å². The van der Waals surface area contributed by atoms with Crippen molar-refractivity contribution in [3.05, 3.63) is 95.4 Å². The Kier molecular flexibility index (Phi) is 13.5. The minimum atomic E-state index is -2.17. The number of aliphatic hydroxyl groups is 1. The Bertz CT molecular complexity index is 2500. The summed E-state index contributed by atoms with van der Waals surface area (Å²) in [5, 5.41) is 19.6. The van der Waals surface area contributed by atoms with Crippen LogP contribution in [0.25, 0.3) is 22.4 Å². The molecule has 1 spiro atoms. The van der Waals surface area contributed by atoms with Gasteiger partial charge < -0.3 is 49.5 Å². The number of fused-ring (bicyclic) bond motifs is 3.